The molecule has 6 heteroatoms. The summed E-state index contributed by atoms with van der Waals surface area (Å²) >= 11 is 0. The van der Waals surface area contributed by atoms with Crippen LogP contribution in [0, 0.1) is 0 Å². The van der Waals surface area contributed by atoms with Gasteiger partial charge in [0.15, 0.2) is 0 Å². The summed E-state index contributed by atoms with van der Waals surface area (Å²) in [6, 6.07) is 8.43. The molecule has 0 aliphatic heterocycles. The number of esters is 1. The van der Waals surface area contributed by atoms with Crippen molar-refractivity contribution >= 4 is 5.97 Å². The van der Waals surface area contributed by atoms with Gasteiger partial charge in [0.25, 0.3) is 0 Å². The minimum atomic E-state index is -0.128. The second-order valence-corrected chi connectivity index (χ2v) is 9.59. The topological polar surface area (TPSA) is 63.2 Å². The summed E-state index contributed by atoms with van der Waals surface area (Å²) in [5.74, 6) is 0.758. The Bertz CT molecular complexity index is 619. The molecule has 0 N–H and O–H groups in total. The third-order valence-electron chi connectivity index (χ3n) is 6.21. The molecule has 0 fully saturated rings. The van der Waals surface area contributed by atoms with E-state index in [-0.39, 0.29) is 5.97 Å². The lowest BCUT2D eigenvalue weighted by atomic mass is 10.0. The lowest BCUT2D eigenvalue weighted by Gasteiger charge is -2.09. The van der Waals surface area contributed by atoms with E-state index >= 15 is 0 Å². The van der Waals surface area contributed by atoms with Crippen LogP contribution < -0.4 is 4.74 Å². The summed E-state index contributed by atoms with van der Waals surface area (Å²) in [5, 5.41) is 0. The highest BCUT2D eigenvalue weighted by Gasteiger charge is 2.02. The largest absolute Gasteiger partial charge is 0.491 e. The van der Waals surface area contributed by atoms with Crippen LogP contribution in [0.15, 0.2) is 24.3 Å². The number of unbranched alkanes of at least 4 members (excludes halogenated alkanes) is 10. The van der Waals surface area contributed by atoms with Crippen LogP contribution in [0.5, 0.6) is 5.75 Å². The molecule has 1 aromatic rings. The van der Waals surface area contributed by atoms with Crippen molar-refractivity contribution in [3.63, 3.8) is 0 Å². The van der Waals surface area contributed by atoms with Crippen LogP contribution in [0.4, 0.5) is 0 Å². The summed E-state index contributed by atoms with van der Waals surface area (Å²) in [6.45, 7) is 8.24. The van der Waals surface area contributed by atoms with Gasteiger partial charge in [0.05, 0.1) is 39.6 Å². The van der Waals surface area contributed by atoms with Crippen molar-refractivity contribution in [2.24, 2.45) is 0 Å². The molecule has 0 aliphatic carbocycles. The average Bonchev–Trinajstić information content (AvgIpc) is 2.91. The second-order valence-electron chi connectivity index (χ2n) is 9.59. The van der Waals surface area contributed by atoms with Crippen LogP contribution in [-0.4, -0.2) is 58.8 Å². The number of hydrogen-bond acceptors (Lipinski definition) is 6. The number of benzene rings is 1. The Morgan fingerprint density at radius 3 is 1.65 bits per heavy atom. The van der Waals surface area contributed by atoms with E-state index < -0.39 is 0 Å². The van der Waals surface area contributed by atoms with Crippen molar-refractivity contribution in [2.75, 3.05) is 52.9 Å². The van der Waals surface area contributed by atoms with Crippen molar-refractivity contribution in [3.05, 3.63) is 29.8 Å². The normalized spacial score (nSPS) is 11.1. The zero-order valence-corrected chi connectivity index (χ0v) is 23.8. The highest BCUT2D eigenvalue weighted by Crippen LogP contribution is 2.15. The van der Waals surface area contributed by atoms with Crippen LogP contribution >= 0.6 is 0 Å². The number of ether oxygens (including phenoxy) is 5. The summed E-state index contributed by atoms with van der Waals surface area (Å²) in [7, 11) is 0. The van der Waals surface area contributed by atoms with Crippen molar-refractivity contribution in [1.29, 1.82) is 0 Å². The average molecular weight is 523 g/mol. The monoisotopic (exact) mass is 522 g/mol. The first-order chi connectivity index (χ1) is 18.3. The molecule has 0 heterocycles. The first kappa shape index (κ1) is 33.4. The lowest BCUT2D eigenvalue weighted by Crippen LogP contribution is -2.14. The first-order valence-corrected chi connectivity index (χ1v) is 14.9. The van der Waals surface area contributed by atoms with E-state index in [1.54, 1.807) is 0 Å². The standard InChI is InChI=1S/C31H54O6/c1-3-5-7-9-11-13-15-29-17-19-30(20-18-29)36-27-25-34-23-21-33-22-24-35-26-28-37-31(32)16-14-12-10-8-6-4-2/h17-20H,3-16,21-28H2,1-2H3. The fourth-order valence-corrected chi connectivity index (χ4v) is 3.96. The highest BCUT2D eigenvalue weighted by atomic mass is 16.6. The van der Waals surface area contributed by atoms with E-state index in [0.717, 1.165) is 25.0 Å². The summed E-state index contributed by atoms with van der Waals surface area (Å²) in [6.07, 6.45) is 16.6. The van der Waals surface area contributed by atoms with Gasteiger partial charge in [0.1, 0.15) is 19.0 Å². The molecule has 37 heavy (non-hydrogen) atoms. The molecule has 1 aromatic carbocycles. The quantitative estimate of drug-likeness (QED) is 0.0891. The molecule has 0 atom stereocenters. The number of hydrogen-bond donors (Lipinski definition) is 0. The third kappa shape index (κ3) is 22.1. The molecule has 214 valence electrons. The van der Waals surface area contributed by atoms with Crippen LogP contribution in [0.3, 0.4) is 0 Å². The SMILES string of the molecule is CCCCCCCCC(=O)OCCOCCOCCOCCOc1ccc(CCCCCCCC)cc1. The zero-order chi connectivity index (χ0) is 26.7. The molecular weight excluding hydrogens is 468 g/mol. The number of carbonyl (C=O) groups is 1. The van der Waals surface area contributed by atoms with Gasteiger partial charge in [-0.25, -0.2) is 0 Å². The molecule has 0 radical (unpaired) electrons. The molecule has 6 nitrogen and oxygen atoms in total. The van der Waals surface area contributed by atoms with Gasteiger partial charge >= 0.3 is 5.97 Å². The van der Waals surface area contributed by atoms with E-state index in [2.05, 4.69) is 26.0 Å². The van der Waals surface area contributed by atoms with Crippen LogP contribution in [-0.2, 0) is 30.2 Å². The Labute approximate surface area is 226 Å². The molecule has 0 amide bonds. The van der Waals surface area contributed by atoms with E-state index in [0.29, 0.717) is 59.3 Å². The molecule has 0 saturated heterocycles. The Morgan fingerprint density at radius 2 is 1.05 bits per heavy atom. The van der Waals surface area contributed by atoms with Gasteiger partial charge in [-0.2, -0.15) is 0 Å². The van der Waals surface area contributed by atoms with Gasteiger partial charge < -0.3 is 23.7 Å². The number of aryl methyl sites for hydroxylation is 1. The predicted octanol–water partition coefficient (Wildman–Crippen LogP) is 7.31. The van der Waals surface area contributed by atoms with Crippen molar-refractivity contribution in [2.45, 2.75) is 104 Å². The van der Waals surface area contributed by atoms with E-state index in [1.807, 2.05) is 12.1 Å². The molecule has 0 aromatic heterocycles. The zero-order valence-electron chi connectivity index (χ0n) is 23.8. The van der Waals surface area contributed by atoms with Gasteiger partial charge in [-0.05, 0) is 37.0 Å². The molecule has 0 aliphatic rings. The Morgan fingerprint density at radius 1 is 0.568 bits per heavy atom. The van der Waals surface area contributed by atoms with E-state index in [1.165, 1.54) is 69.8 Å². The highest BCUT2D eigenvalue weighted by molar-refractivity contribution is 5.69. The Balaban J connectivity index is 1.83. The fraction of sp³-hybridized carbons (Fsp3) is 0.774. The third-order valence-corrected chi connectivity index (χ3v) is 6.21. The van der Waals surface area contributed by atoms with Gasteiger partial charge in [-0.1, -0.05) is 90.2 Å². The van der Waals surface area contributed by atoms with Crippen LogP contribution in [0.25, 0.3) is 0 Å². The Kier molecular flexibility index (Phi) is 23.5. The van der Waals surface area contributed by atoms with E-state index in [9.17, 15) is 4.79 Å². The smallest absolute Gasteiger partial charge is 0.305 e. The first-order valence-electron chi connectivity index (χ1n) is 14.9. The molecule has 1 rings (SSSR count). The maximum atomic E-state index is 11.7. The molecule has 0 unspecified atom stereocenters. The van der Waals surface area contributed by atoms with Crippen LogP contribution in [0.1, 0.15) is 103 Å². The molecule has 0 saturated carbocycles. The number of carbonyl (C=O) groups excluding carboxylic acids is 1. The maximum absolute atomic E-state index is 11.7. The van der Waals surface area contributed by atoms with Gasteiger partial charge in [-0.15, -0.1) is 0 Å². The summed E-state index contributed by atoms with van der Waals surface area (Å²) < 4.78 is 27.4. The van der Waals surface area contributed by atoms with Gasteiger partial charge in [-0.3, -0.25) is 4.79 Å². The maximum Gasteiger partial charge on any atom is 0.305 e. The van der Waals surface area contributed by atoms with Gasteiger partial charge in [0.2, 0.25) is 0 Å². The van der Waals surface area contributed by atoms with Gasteiger partial charge in [0, 0.05) is 6.42 Å². The van der Waals surface area contributed by atoms with Crippen molar-refractivity contribution in [3.8, 4) is 5.75 Å². The lowest BCUT2D eigenvalue weighted by molar-refractivity contribution is -0.145. The van der Waals surface area contributed by atoms with Crippen LogP contribution in [0.2, 0.25) is 0 Å². The summed E-state index contributed by atoms with van der Waals surface area (Å²) in [5.41, 5.74) is 1.38. The molecule has 0 spiro atoms. The van der Waals surface area contributed by atoms with Crippen molar-refractivity contribution in [1.82, 2.24) is 0 Å². The predicted molar refractivity (Wildman–Crippen MR) is 150 cm³/mol. The molecule has 0 bridgehead atoms. The second kappa shape index (κ2) is 26.0. The molecular formula is C31H54O6. The Hall–Kier alpha value is -1.63. The fourth-order valence-electron chi connectivity index (χ4n) is 3.96. The minimum Gasteiger partial charge on any atom is -0.491 e. The van der Waals surface area contributed by atoms with Crippen molar-refractivity contribution < 1.29 is 28.5 Å². The van der Waals surface area contributed by atoms with E-state index in [4.69, 9.17) is 23.7 Å². The number of rotatable bonds is 27. The minimum absolute atomic E-state index is 0.128. The summed E-state index contributed by atoms with van der Waals surface area (Å²) in [4.78, 5) is 11.7.